The molecule has 0 atom stereocenters. The molecule has 0 fully saturated rings. The van der Waals surface area contributed by atoms with E-state index in [-0.39, 0.29) is 0 Å². The maximum absolute atomic E-state index is 5.66. The average Bonchev–Trinajstić information content (AvgIpc) is 2.73. The van der Waals surface area contributed by atoms with Gasteiger partial charge in [0.2, 0.25) is 0 Å². The molecule has 0 radical (unpaired) electrons. The molecule has 1 aromatic carbocycles. The number of ether oxygens (including phenoxy) is 1. The molecule has 0 amide bonds. The summed E-state index contributed by atoms with van der Waals surface area (Å²) in [5.41, 5.74) is 2.73. The fourth-order valence-electron chi connectivity index (χ4n) is 2.01. The van der Waals surface area contributed by atoms with Crippen LogP contribution in [0.4, 0.5) is 0 Å². The van der Waals surface area contributed by atoms with Crippen molar-refractivity contribution in [3.8, 4) is 5.75 Å². The highest BCUT2D eigenvalue weighted by molar-refractivity contribution is 5.44. The van der Waals surface area contributed by atoms with E-state index < -0.39 is 0 Å². The third-order valence-corrected chi connectivity index (χ3v) is 2.79. The van der Waals surface area contributed by atoms with Gasteiger partial charge in [0.25, 0.3) is 0 Å². The van der Waals surface area contributed by atoms with Gasteiger partial charge in [-0.3, -0.25) is 0 Å². The van der Waals surface area contributed by atoms with Gasteiger partial charge in [0.1, 0.15) is 5.75 Å². The molecule has 82 valence electrons. The van der Waals surface area contributed by atoms with Crippen LogP contribution in [-0.2, 0) is 12.8 Å². The largest absolute Gasteiger partial charge is 0.493 e. The second-order valence-corrected chi connectivity index (χ2v) is 4.00. The van der Waals surface area contributed by atoms with Crippen molar-refractivity contribution in [3.05, 3.63) is 29.3 Å². The van der Waals surface area contributed by atoms with Crippen LogP contribution in [-0.4, -0.2) is 19.7 Å². The van der Waals surface area contributed by atoms with Crippen molar-refractivity contribution in [1.82, 2.24) is 5.32 Å². The molecule has 15 heavy (non-hydrogen) atoms. The van der Waals surface area contributed by atoms with E-state index in [0.717, 1.165) is 38.3 Å². The molecule has 1 aromatic rings. The Balaban J connectivity index is 1.94. The first-order chi connectivity index (χ1) is 7.42. The standard InChI is InChI=1S/C13H19NO/c1-2-8-14-9-6-11-4-3-5-12-7-10-15-13(11)12/h3-5,14H,2,6-10H2,1H3. The van der Waals surface area contributed by atoms with Gasteiger partial charge in [-0.25, -0.2) is 0 Å². The van der Waals surface area contributed by atoms with E-state index in [1.54, 1.807) is 0 Å². The van der Waals surface area contributed by atoms with E-state index in [4.69, 9.17) is 4.74 Å². The van der Waals surface area contributed by atoms with Crippen molar-refractivity contribution in [2.24, 2.45) is 0 Å². The molecule has 2 rings (SSSR count). The molecule has 0 unspecified atom stereocenters. The molecule has 1 heterocycles. The van der Waals surface area contributed by atoms with Gasteiger partial charge >= 0.3 is 0 Å². The molecular formula is C13H19NO. The molecule has 2 heteroatoms. The van der Waals surface area contributed by atoms with Crippen molar-refractivity contribution in [2.75, 3.05) is 19.7 Å². The third kappa shape index (κ3) is 2.51. The SMILES string of the molecule is CCCNCCc1cccc2c1OCC2. The Bertz CT molecular complexity index is 322. The first-order valence-electron chi connectivity index (χ1n) is 5.86. The van der Waals surface area contributed by atoms with Crippen LogP contribution in [0.25, 0.3) is 0 Å². The molecule has 2 nitrogen and oxygen atoms in total. The fraction of sp³-hybridized carbons (Fsp3) is 0.538. The van der Waals surface area contributed by atoms with Crippen LogP contribution in [0.3, 0.4) is 0 Å². The Labute approximate surface area is 91.6 Å². The zero-order valence-corrected chi connectivity index (χ0v) is 9.38. The van der Waals surface area contributed by atoms with Gasteiger partial charge < -0.3 is 10.1 Å². The van der Waals surface area contributed by atoms with E-state index in [1.165, 1.54) is 17.5 Å². The molecule has 0 bridgehead atoms. The summed E-state index contributed by atoms with van der Waals surface area (Å²) in [5.74, 6) is 1.15. The van der Waals surface area contributed by atoms with Crippen LogP contribution in [0.2, 0.25) is 0 Å². The van der Waals surface area contributed by atoms with Gasteiger partial charge in [-0.1, -0.05) is 25.1 Å². The minimum absolute atomic E-state index is 0.856. The number of benzene rings is 1. The molecule has 0 spiro atoms. The lowest BCUT2D eigenvalue weighted by atomic mass is 10.1. The third-order valence-electron chi connectivity index (χ3n) is 2.79. The normalized spacial score (nSPS) is 13.7. The summed E-state index contributed by atoms with van der Waals surface area (Å²) in [6.07, 6.45) is 3.35. The van der Waals surface area contributed by atoms with Crippen LogP contribution in [0.1, 0.15) is 24.5 Å². The lowest BCUT2D eigenvalue weighted by Crippen LogP contribution is -2.17. The zero-order chi connectivity index (χ0) is 10.5. The fourth-order valence-corrected chi connectivity index (χ4v) is 2.01. The van der Waals surface area contributed by atoms with Crippen LogP contribution in [0.5, 0.6) is 5.75 Å². The van der Waals surface area contributed by atoms with Gasteiger partial charge in [0.15, 0.2) is 0 Å². The van der Waals surface area contributed by atoms with Gasteiger partial charge in [0.05, 0.1) is 6.61 Å². The molecular weight excluding hydrogens is 186 g/mol. The summed E-state index contributed by atoms with van der Waals surface area (Å²) >= 11 is 0. The minimum Gasteiger partial charge on any atom is -0.493 e. The molecule has 0 aromatic heterocycles. The number of hydrogen-bond donors (Lipinski definition) is 1. The minimum atomic E-state index is 0.856. The number of fused-ring (bicyclic) bond motifs is 1. The molecule has 1 N–H and O–H groups in total. The van der Waals surface area contributed by atoms with Crippen molar-refractivity contribution in [3.63, 3.8) is 0 Å². The van der Waals surface area contributed by atoms with E-state index in [9.17, 15) is 0 Å². The summed E-state index contributed by atoms with van der Waals surface area (Å²) in [4.78, 5) is 0. The van der Waals surface area contributed by atoms with E-state index in [1.807, 2.05) is 0 Å². The van der Waals surface area contributed by atoms with Gasteiger partial charge in [-0.05, 0) is 37.1 Å². The quantitative estimate of drug-likeness (QED) is 0.744. The van der Waals surface area contributed by atoms with Crippen molar-refractivity contribution >= 4 is 0 Å². The predicted molar refractivity (Wildman–Crippen MR) is 62.5 cm³/mol. The van der Waals surface area contributed by atoms with E-state index in [2.05, 4.69) is 30.4 Å². The van der Waals surface area contributed by atoms with Crippen molar-refractivity contribution in [1.29, 1.82) is 0 Å². The monoisotopic (exact) mass is 205 g/mol. The Hall–Kier alpha value is -1.02. The summed E-state index contributed by atoms with van der Waals surface area (Å²) in [7, 11) is 0. The Kier molecular flexibility index (Phi) is 3.62. The average molecular weight is 205 g/mol. The van der Waals surface area contributed by atoms with Gasteiger partial charge in [0, 0.05) is 6.42 Å². The first kappa shape index (κ1) is 10.5. The van der Waals surface area contributed by atoms with Crippen LogP contribution in [0.15, 0.2) is 18.2 Å². The number of para-hydroxylation sites is 1. The number of nitrogens with one attached hydrogen (secondary N) is 1. The highest BCUT2D eigenvalue weighted by Crippen LogP contribution is 2.29. The predicted octanol–water partition coefficient (Wildman–Crippen LogP) is 2.16. The molecule has 0 saturated carbocycles. The van der Waals surface area contributed by atoms with Crippen LogP contribution in [0, 0.1) is 0 Å². The summed E-state index contributed by atoms with van der Waals surface area (Å²) < 4.78 is 5.66. The molecule has 0 aliphatic carbocycles. The maximum Gasteiger partial charge on any atom is 0.125 e. The Morgan fingerprint density at radius 1 is 1.33 bits per heavy atom. The van der Waals surface area contributed by atoms with Crippen molar-refractivity contribution < 1.29 is 4.74 Å². The Morgan fingerprint density at radius 2 is 2.27 bits per heavy atom. The summed E-state index contributed by atoms with van der Waals surface area (Å²) in [6.45, 7) is 5.20. The Morgan fingerprint density at radius 3 is 3.13 bits per heavy atom. The van der Waals surface area contributed by atoms with E-state index >= 15 is 0 Å². The topological polar surface area (TPSA) is 21.3 Å². The van der Waals surface area contributed by atoms with Gasteiger partial charge in [-0.2, -0.15) is 0 Å². The highest BCUT2D eigenvalue weighted by Gasteiger charge is 2.14. The second kappa shape index (κ2) is 5.17. The number of rotatable bonds is 5. The number of hydrogen-bond acceptors (Lipinski definition) is 2. The second-order valence-electron chi connectivity index (χ2n) is 4.00. The lowest BCUT2D eigenvalue weighted by Gasteiger charge is -2.08. The van der Waals surface area contributed by atoms with Crippen LogP contribution >= 0.6 is 0 Å². The first-order valence-corrected chi connectivity index (χ1v) is 5.86. The highest BCUT2D eigenvalue weighted by atomic mass is 16.5. The zero-order valence-electron chi connectivity index (χ0n) is 9.38. The molecule has 0 saturated heterocycles. The van der Waals surface area contributed by atoms with E-state index in [0.29, 0.717) is 0 Å². The summed E-state index contributed by atoms with van der Waals surface area (Å²) in [6, 6.07) is 6.49. The summed E-state index contributed by atoms with van der Waals surface area (Å²) in [5, 5.41) is 3.42. The molecule has 1 aliphatic rings. The molecule has 1 aliphatic heterocycles. The van der Waals surface area contributed by atoms with Gasteiger partial charge in [-0.15, -0.1) is 0 Å². The van der Waals surface area contributed by atoms with Crippen molar-refractivity contribution in [2.45, 2.75) is 26.2 Å². The lowest BCUT2D eigenvalue weighted by molar-refractivity contribution is 0.353. The smallest absolute Gasteiger partial charge is 0.125 e. The maximum atomic E-state index is 5.66. The van der Waals surface area contributed by atoms with Crippen LogP contribution < -0.4 is 10.1 Å².